The molecule has 3 aromatic rings. The van der Waals surface area contributed by atoms with Gasteiger partial charge in [0.25, 0.3) is 11.8 Å². The summed E-state index contributed by atoms with van der Waals surface area (Å²) < 4.78 is 11.3. The molecule has 9 heteroatoms. The maximum absolute atomic E-state index is 13.4. The van der Waals surface area contributed by atoms with Crippen molar-refractivity contribution in [3.8, 4) is 6.07 Å². The zero-order valence-corrected chi connectivity index (χ0v) is 23.1. The van der Waals surface area contributed by atoms with Gasteiger partial charge in [0.05, 0.1) is 36.0 Å². The van der Waals surface area contributed by atoms with Crippen LogP contribution in [-0.4, -0.2) is 62.1 Å². The average molecular weight is 540 g/mol. The molecule has 5 rings (SSSR count). The highest BCUT2D eigenvalue weighted by Crippen LogP contribution is 2.44. The Morgan fingerprint density at radius 2 is 1.93 bits per heavy atom. The normalized spacial score (nSPS) is 15.4. The van der Waals surface area contributed by atoms with Crippen LogP contribution in [0.15, 0.2) is 54.7 Å². The number of benzene rings is 2. The van der Waals surface area contributed by atoms with Gasteiger partial charge in [-0.25, -0.2) is 4.98 Å². The number of ether oxygens (including phenoxy) is 2. The number of nitrogens with one attached hydrogen (secondary N) is 1. The number of hydrogen-bond donors (Lipinski definition) is 1. The lowest BCUT2D eigenvalue weighted by atomic mass is 9.83. The number of methoxy groups -OCH3 is 1. The largest absolute Gasteiger partial charge is 0.383 e. The van der Waals surface area contributed by atoms with E-state index in [2.05, 4.69) is 16.4 Å². The molecule has 0 bridgehead atoms. The minimum atomic E-state index is -0.408. The SMILES string of the molecule is COCCN(C)c1ccc(C(=O)Nc2cc(C(=O)N3CCC4(CC3)OCc3cc(C#N)ccc34)ccc2C)cn1. The zero-order chi connectivity index (χ0) is 28.3. The quantitative estimate of drug-likeness (QED) is 0.478. The third-order valence-electron chi connectivity index (χ3n) is 7.85. The summed E-state index contributed by atoms with van der Waals surface area (Å²) in [6, 6.07) is 16.8. The fourth-order valence-electron chi connectivity index (χ4n) is 5.36. The van der Waals surface area contributed by atoms with E-state index < -0.39 is 5.60 Å². The predicted octanol–water partition coefficient (Wildman–Crippen LogP) is 4.26. The van der Waals surface area contributed by atoms with Crippen LogP contribution in [0.4, 0.5) is 11.5 Å². The van der Waals surface area contributed by atoms with Crippen molar-refractivity contribution in [1.29, 1.82) is 5.26 Å². The van der Waals surface area contributed by atoms with Gasteiger partial charge in [0, 0.05) is 51.2 Å². The molecule has 0 atom stereocenters. The topological polar surface area (TPSA) is 108 Å². The number of pyridine rings is 1. The molecule has 1 fully saturated rings. The molecule has 2 aliphatic heterocycles. The zero-order valence-electron chi connectivity index (χ0n) is 23.1. The van der Waals surface area contributed by atoms with E-state index in [1.54, 1.807) is 37.6 Å². The molecule has 1 N–H and O–H groups in total. The van der Waals surface area contributed by atoms with Gasteiger partial charge in [-0.05, 0) is 72.9 Å². The molecule has 1 saturated heterocycles. The molecule has 40 heavy (non-hydrogen) atoms. The summed E-state index contributed by atoms with van der Waals surface area (Å²) in [6.07, 6.45) is 2.93. The molecule has 2 aromatic carbocycles. The summed E-state index contributed by atoms with van der Waals surface area (Å²) in [7, 11) is 3.57. The van der Waals surface area contributed by atoms with Crippen molar-refractivity contribution in [3.63, 3.8) is 0 Å². The second kappa shape index (κ2) is 11.5. The van der Waals surface area contributed by atoms with Crippen LogP contribution < -0.4 is 10.2 Å². The van der Waals surface area contributed by atoms with E-state index >= 15 is 0 Å². The molecule has 2 aliphatic rings. The molecule has 0 saturated carbocycles. The lowest BCUT2D eigenvalue weighted by Crippen LogP contribution is -2.45. The Bertz CT molecular complexity index is 1460. The summed E-state index contributed by atoms with van der Waals surface area (Å²) in [6.45, 7) is 4.78. The van der Waals surface area contributed by atoms with Gasteiger partial charge in [0.15, 0.2) is 0 Å². The summed E-state index contributed by atoms with van der Waals surface area (Å²) in [5.41, 5.74) is 4.81. The van der Waals surface area contributed by atoms with Crippen LogP contribution in [0.25, 0.3) is 0 Å². The number of aryl methyl sites for hydroxylation is 1. The lowest BCUT2D eigenvalue weighted by Gasteiger charge is -2.39. The highest BCUT2D eigenvalue weighted by Gasteiger charge is 2.43. The Morgan fingerprint density at radius 3 is 2.62 bits per heavy atom. The summed E-state index contributed by atoms with van der Waals surface area (Å²) in [5.74, 6) is 0.385. The van der Waals surface area contributed by atoms with Crippen LogP contribution in [0, 0.1) is 18.3 Å². The van der Waals surface area contributed by atoms with Gasteiger partial charge in [0.1, 0.15) is 5.82 Å². The lowest BCUT2D eigenvalue weighted by molar-refractivity contribution is -0.0741. The molecule has 206 valence electrons. The van der Waals surface area contributed by atoms with Crippen molar-refractivity contribution in [1.82, 2.24) is 9.88 Å². The van der Waals surface area contributed by atoms with Gasteiger partial charge in [-0.2, -0.15) is 5.26 Å². The Balaban J connectivity index is 1.23. The van der Waals surface area contributed by atoms with Crippen molar-refractivity contribution in [2.24, 2.45) is 0 Å². The molecule has 1 spiro atoms. The molecule has 1 aromatic heterocycles. The number of nitrogens with zero attached hydrogens (tertiary/aromatic N) is 4. The fourth-order valence-corrected chi connectivity index (χ4v) is 5.36. The number of hydrogen-bond acceptors (Lipinski definition) is 7. The number of likely N-dealkylation sites (N-methyl/N-ethyl adjacent to an activating group) is 1. The average Bonchev–Trinajstić information content (AvgIpc) is 3.33. The van der Waals surface area contributed by atoms with Crippen molar-refractivity contribution in [2.45, 2.75) is 32.0 Å². The van der Waals surface area contributed by atoms with Gasteiger partial charge in [0.2, 0.25) is 0 Å². The third kappa shape index (κ3) is 5.41. The van der Waals surface area contributed by atoms with Crippen LogP contribution in [0.5, 0.6) is 0 Å². The molecule has 9 nitrogen and oxygen atoms in total. The van der Waals surface area contributed by atoms with Crippen LogP contribution in [0.2, 0.25) is 0 Å². The number of anilines is 2. The maximum Gasteiger partial charge on any atom is 0.257 e. The number of rotatable bonds is 7. The van der Waals surface area contributed by atoms with Gasteiger partial charge in [-0.1, -0.05) is 12.1 Å². The first-order chi connectivity index (χ1) is 19.3. The van der Waals surface area contributed by atoms with Crippen molar-refractivity contribution in [3.05, 3.63) is 88.1 Å². The van der Waals surface area contributed by atoms with E-state index in [0.29, 0.717) is 68.1 Å². The highest BCUT2D eigenvalue weighted by molar-refractivity contribution is 6.05. The summed E-state index contributed by atoms with van der Waals surface area (Å²) in [4.78, 5) is 34.6. The van der Waals surface area contributed by atoms with Crippen molar-refractivity contribution >= 4 is 23.3 Å². The van der Waals surface area contributed by atoms with Gasteiger partial charge in [-0.3, -0.25) is 9.59 Å². The molecular weight excluding hydrogens is 506 g/mol. The van der Waals surface area contributed by atoms with E-state index in [1.807, 2.05) is 48.0 Å². The number of likely N-dealkylation sites (tertiary alicyclic amines) is 1. The summed E-state index contributed by atoms with van der Waals surface area (Å²) in [5, 5.41) is 12.1. The molecule has 0 unspecified atom stereocenters. The second-order valence-corrected chi connectivity index (χ2v) is 10.4. The minimum Gasteiger partial charge on any atom is -0.383 e. The Morgan fingerprint density at radius 1 is 1.15 bits per heavy atom. The van der Waals surface area contributed by atoms with E-state index in [4.69, 9.17) is 9.47 Å². The highest BCUT2D eigenvalue weighted by atomic mass is 16.5. The third-order valence-corrected chi connectivity index (χ3v) is 7.85. The van der Waals surface area contributed by atoms with Crippen molar-refractivity contribution < 1.29 is 19.1 Å². The Labute approximate surface area is 234 Å². The number of carbonyl (C=O) groups excluding carboxylic acids is 2. The number of carbonyl (C=O) groups is 2. The van der Waals surface area contributed by atoms with Crippen LogP contribution >= 0.6 is 0 Å². The maximum atomic E-state index is 13.4. The predicted molar refractivity (Wildman–Crippen MR) is 151 cm³/mol. The molecular formula is C31H33N5O4. The molecule has 3 heterocycles. The van der Waals surface area contributed by atoms with Crippen molar-refractivity contribution in [2.75, 3.05) is 50.6 Å². The summed E-state index contributed by atoms with van der Waals surface area (Å²) >= 11 is 0. The van der Waals surface area contributed by atoms with E-state index in [0.717, 1.165) is 22.5 Å². The first kappa shape index (κ1) is 27.3. The van der Waals surface area contributed by atoms with Gasteiger partial charge < -0.3 is 24.6 Å². The molecule has 0 radical (unpaired) electrons. The van der Waals surface area contributed by atoms with E-state index in [1.165, 1.54) is 0 Å². The first-order valence-electron chi connectivity index (χ1n) is 13.4. The van der Waals surface area contributed by atoms with E-state index in [-0.39, 0.29) is 11.8 Å². The number of amides is 2. The Hall–Kier alpha value is -4.26. The molecule has 2 amide bonds. The van der Waals surface area contributed by atoms with Crippen LogP contribution in [-0.2, 0) is 21.7 Å². The van der Waals surface area contributed by atoms with E-state index in [9.17, 15) is 14.9 Å². The fraction of sp³-hybridized carbons (Fsp3) is 0.355. The second-order valence-electron chi connectivity index (χ2n) is 10.4. The Kier molecular flexibility index (Phi) is 7.83. The minimum absolute atomic E-state index is 0.0755. The van der Waals surface area contributed by atoms with Gasteiger partial charge in [-0.15, -0.1) is 0 Å². The molecule has 0 aliphatic carbocycles. The number of nitriles is 1. The first-order valence-corrected chi connectivity index (χ1v) is 13.4. The standard InChI is InChI=1S/C31H33N5O4/c1-21-4-6-23(17-27(21)34-29(37)24-7-9-28(33-19-24)35(2)14-15-39-3)30(38)36-12-10-31(11-13-36)26-8-5-22(18-32)16-25(26)20-40-31/h4-9,16-17,19H,10-15,20H2,1-3H3,(H,34,37). The number of fused-ring (bicyclic) bond motifs is 2. The van der Waals surface area contributed by atoms with Gasteiger partial charge >= 0.3 is 0 Å². The smallest absolute Gasteiger partial charge is 0.257 e. The number of piperidine rings is 1. The monoisotopic (exact) mass is 539 g/mol. The van der Waals surface area contributed by atoms with Crippen LogP contribution in [0.1, 0.15) is 55.8 Å². The number of aromatic nitrogens is 1. The van der Waals surface area contributed by atoms with Crippen LogP contribution in [0.3, 0.4) is 0 Å².